The number of rotatable bonds is 4. The molecule has 16 heavy (non-hydrogen) atoms. The number of aliphatic imine (C=N–C) groups is 1. The normalized spacial score (nSPS) is 11.2. The van der Waals surface area contributed by atoms with E-state index in [1.807, 2.05) is 12.3 Å². The summed E-state index contributed by atoms with van der Waals surface area (Å²) in [5, 5.41) is 2.94. The van der Waals surface area contributed by atoms with E-state index in [0.717, 1.165) is 5.57 Å². The average Bonchev–Trinajstić information content (AvgIpc) is 2.28. The van der Waals surface area contributed by atoms with Gasteiger partial charge in [-0.15, -0.1) is 0 Å². The highest BCUT2D eigenvalue weighted by atomic mass is 14.9. The molecule has 0 amide bonds. The Morgan fingerprint density at radius 1 is 1.38 bits per heavy atom. The third kappa shape index (κ3) is 3.09. The average molecular weight is 214 g/mol. The van der Waals surface area contributed by atoms with Crippen LogP contribution < -0.4 is 5.32 Å². The number of allylic oxidation sites excluding steroid dienone is 2. The highest BCUT2D eigenvalue weighted by Crippen LogP contribution is 2.20. The van der Waals surface area contributed by atoms with Crippen molar-refractivity contribution >= 4 is 11.9 Å². The zero-order chi connectivity index (χ0) is 12.0. The van der Waals surface area contributed by atoms with E-state index in [2.05, 4.69) is 48.9 Å². The third-order valence-corrected chi connectivity index (χ3v) is 2.53. The Morgan fingerprint density at radius 2 is 2.12 bits per heavy atom. The van der Waals surface area contributed by atoms with Gasteiger partial charge in [0.25, 0.3) is 0 Å². The summed E-state index contributed by atoms with van der Waals surface area (Å²) in [6, 6.07) is 6.25. The SMILES string of the molecule is C=C(/C=C/NC=NC)c1cccc(C)c1C. The predicted octanol–water partition coefficient (Wildman–Crippen LogP) is 3.08. The van der Waals surface area contributed by atoms with Crippen molar-refractivity contribution < 1.29 is 0 Å². The van der Waals surface area contributed by atoms with E-state index in [1.54, 1.807) is 13.4 Å². The first-order valence-electron chi connectivity index (χ1n) is 5.25. The Kier molecular flexibility index (Phi) is 4.52. The van der Waals surface area contributed by atoms with Crippen LogP contribution in [0.3, 0.4) is 0 Å². The van der Waals surface area contributed by atoms with Crippen LogP contribution in [0.5, 0.6) is 0 Å². The largest absolute Gasteiger partial charge is 0.353 e. The van der Waals surface area contributed by atoms with Crippen LogP contribution in [0.15, 0.2) is 42.0 Å². The van der Waals surface area contributed by atoms with Gasteiger partial charge in [0.1, 0.15) is 0 Å². The van der Waals surface area contributed by atoms with Gasteiger partial charge in [-0.25, -0.2) is 0 Å². The summed E-state index contributed by atoms with van der Waals surface area (Å²) >= 11 is 0. The fourth-order valence-corrected chi connectivity index (χ4v) is 1.46. The first-order chi connectivity index (χ1) is 7.66. The second-order valence-electron chi connectivity index (χ2n) is 3.66. The lowest BCUT2D eigenvalue weighted by atomic mass is 9.98. The second-order valence-corrected chi connectivity index (χ2v) is 3.66. The molecule has 2 heteroatoms. The molecule has 0 bridgehead atoms. The maximum Gasteiger partial charge on any atom is 0.0859 e. The van der Waals surface area contributed by atoms with Crippen LogP contribution in [0.25, 0.3) is 5.57 Å². The standard InChI is InChI=1S/C14H18N2/c1-11-6-5-7-14(13(11)3)12(2)8-9-16-10-15-4/h5-10H,2H2,1,3-4H3,(H,15,16)/b9-8+. The summed E-state index contributed by atoms with van der Waals surface area (Å²) in [4.78, 5) is 3.82. The third-order valence-electron chi connectivity index (χ3n) is 2.53. The van der Waals surface area contributed by atoms with Crippen molar-refractivity contribution in [1.82, 2.24) is 5.32 Å². The van der Waals surface area contributed by atoms with Gasteiger partial charge in [0, 0.05) is 13.2 Å². The molecule has 2 nitrogen and oxygen atoms in total. The molecule has 0 fully saturated rings. The molecule has 1 rings (SSSR count). The van der Waals surface area contributed by atoms with Crippen LogP contribution in [0.2, 0.25) is 0 Å². The first kappa shape index (κ1) is 12.2. The van der Waals surface area contributed by atoms with Gasteiger partial charge in [-0.05, 0) is 42.2 Å². The van der Waals surface area contributed by atoms with Crippen molar-refractivity contribution in [2.75, 3.05) is 7.05 Å². The number of nitrogens with zero attached hydrogens (tertiary/aromatic N) is 1. The molecular formula is C14H18N2. The molecule has 0 aromatic heterocycles. The van der Waals surface area contributed by atoms with Crippen molar-refractivity contribution in [1.29, 1.82) is 0 Å². The highest BCUT2D eigenvalue weighted by molar-refractivity contribution is 5.75. The number of aryl methyl sites for hydroxylation is 1. The van der Waals surface area contributed by atoms with E-state index in [4.69, 9.17) is 0 Å². The molecule has 0 heterocycles. The quantitative estimate of drug-likeness (QED) is 0.465. The fourth-order valence-electron chi connectivity index (χ4n) is 1.46. The van der Waals surface area contributed by atoms with E-state index in [0.29, 0.717) is 0 Å². The van der Waals surface area contributed by atoms with Crippen LogP contribution in [0, 0.1) is 13.8 Å². The minimum Gasteiger partial charge on any atom is -0.353 e. The van der Waals surface area contributed by atoms with Gasteiger partial charge in [-0.2, -0.15) is 0 Å². The molecular weight excluding hydrogens is 196 g/mol. The summed E-state index contributed by atoms with van der Waals surface area (Å²) in [7, 11) is 1.72. The number of nitrogens with one attached hydrogen (secondary N) is 1. The minimum atomic E-state index is 0.998. The van der Waals surface area contributed by atoms with Crippen molar-refractivity contribution in [2.24, 2.45) is 4.99 Å². The van der Waals surface area contributed by atoms with Crippen LogP contribution in [-0.2, 0) is 0 Å². The molecule has 0 saturated heterocycles. The van der Waals surface area contributed by atoms with E-state index in [-0.39, 0.29) is 0 Å². The molecule has 0 aliphatic rings. The van der Waals surface area contributed by atoms with Gasteiger partial charge < -0.3 is 5.32 Å². The van der Waals surface area contributed by atoms with Gasteiger partial charge in [-0.1, -0.05) is 24.8 Å². The van der Waals surface area contributed by atoms with Crippen molar-refractivity contribution in [2.45, 2.75) is 13.8 Å². The summed E-state index contributed by atoms with van der Waals surface area (Å²) in [6.07, 6.45) is 5.41. The summed E-state index contributed by atoms with van der Waals surface area (Å²) in [6.45, 7) is 8.28. The Morgan fingerprint density at radius 3 is 2.81 bits per heavy atom. The zero-order valence-corrected chi connectivity index (χ0v) is 10.1. The van der Waals surface area contributed by atoms with Gasteiger partial charge in [0.2, 0.25) is 0 Å². The maximum atomic E-state index is 4.05. The van der Waals surface area contributed by atoms with Crippen LogP contribution in [0.1, 0.15) is 16.7 Å². The van der Waals surface area contributed by atoms with E-state index < -0.39 is 0 Å². The second kappa shape index (κ2) is 5.91. The fraction of sp³-hybridized carbons (Fsp3) is 0.214. The molecule has 0 spiro atoms. The lowest BCUT2D eigenvalue weighted by molar-refractivity contribution is 1.28. The monoisotopic (exact) mass is 214 g/mol. The summed E-state index contributed by atoms with van der Waals surface area (Å²) in [5.74, 6) is 0. The van der Waals surface area contributed by atoms with Gasteiger partial charge in [0.05, 0.1) is 6.34 Å². The van der Waals surface area contributed by atoms with Crippen LogP contribution in [0.4, 0.5) is 0 Å². The summed E-state index contributed by atoms with van der Waals surface area (Å²) in [5.41, 5.74) is 4.75. The van der Waals surface area contributed by atoms with Crippen LogP contribution >= 0.6 is 0 Å². The number of hydrogen-bond acceptors (Lipinski definition) is 1. The first-order valence-corrected chi connectivity index (χ1v) is 5.25. The molecule has 0 radical (unpaired) electrons. The Hall–Kier alpha value is -1.83. The topological polar surface area (TPSA) is 24.4 Å². The molecule has 1 aromatic carbocycles. The van der Waals surface area contributed by atoms with Gasteiger partial charge >= 0.3 is 0 Å². The maximum absolute atomic E-state index is 4.05. The number of hydrogen-bond donors (Lipinski definition) is 1. The minimum absolute atomic E-state index is 0.998. The van der Waals surface area contributed by atoms with E-state index >= 15 is 0 Å². The molecule has 0 atom stereocenters. The zero-order valence-electron chi connectivity index (χ0n) is 10.1. The molecule has 0 aliphatic carbocycles. The van der Waals surface area contributed by atoms with Crippen molar-refractivity contribution in [3.63, 3.8) is 0 Å². The van der Waals surface area contributed by atoms with E-state index in [9.17, 15) is 0 Å². The molecule has 1 aromatic rings. The van der Waals surface area contributed by atoms with Gasteiger partial charge in [-0.3, -0.25) is 4.99 Å². The smallest absolute Gasteiger partial charge is 0.0859 e. The number of benzene rings is 1. The van der Waals surface area contributed by atoms with Crippen molar-refractivity contribution in [3.05, 3.63) is 53.7 Å². The van der Waals surface area contributed by atoms with Crippen molar-refractivity contribution in [3.8, 4) is 0 Å². The molecule has 0 saturated carbocycles. The Bertz CT molecular complexity index is 428. The molecule has 0 aliphatic heterocycles. The molecule has 84 valence electrons. The Balaban J connectivity index is 2.81. The summed E-state index contributed by atoms with van der Waals surface area (Å²) < 4.78 is 0. The van der Waals surface area contributed by atoms with E-state index in [1.165, 1.54) is 16.7 Å². The Labute approximate surface area is 97.4 Å². The highest BCUT2D eigenvalue weighted by Gasteiger charge is 2.01. The predicted molar refractivity (Wildman–Crippen MR) is 71.6 cm³/mol. The molecule has 0 unspecified atom stereocenters. The van der Waals surface area contributed by atoms with Crippen LogP contribution in [-0.4, -0.2) is 13.4 Å². The van der Waals surface area contributed by atoms with Gasteiger partial charge in [0.15, 0.2) is 0 Å². The lowest BCUT2D eigenvalue weighted by Gasteiger charge is -2.08. The lowest BCUT2D eigenvalue weighted by Crippen LogP contribution is -1.99. The molecule has 1 N–H and O–H groups in total.